The zero-order valence-corrected chi connectivity index (χ0v) is 19.3. The molecule has 1 aromatic heterocycles. The number of anilines is 3. The lowest BCUT2D eigenvalue weighted by atomic mass is 10.1. The average molecular weight is 476 g/mol. The molecule has 2 heterocycles. The molecule has 1 atom stereocenters. The third-order valence-corrected chi connectivity index (χ3v) is 5.34. The van der Waals surface area contributed by atoms with Crippen LogP contribution in [0.25, 0.3) is 10.9 Å². The second kappa shape index (κ2) is 11.4. The summed E-state index contributed by atoms with van der Waals surface area (Å²) in [5, 5.41) is 9.82. The third kappa shape index (κ3) is 6.12. The Labute approximate surface area is 202 Å². The minimum absolute atomic E-state index is 0.117. The number of hydrogen-bond donors (Lipinski definition) is 3. The van der Waals surface area contributed by atoms with Crippen LogP contribution in [0, 0.1) is 18.2 Å². The van der Waals surface area contributed by atoms with Gasteiger partial charge in [-0.25, -0.2) is 14.4 Å². The molecule has 0 bridgehead atoms. The van der Waals surface area contributed by atoms with Crippen molar-refractivity contribution in [3.8, 4) is 18.1 Å². The minimum Gasteiger partial charge on any atom is -0.486 e. The number of carbonyl (C=O) groups excluding carboxylic acids is 1. The van der Waals surface area contributed by atoms with Crippen molar-refractivity contribution in [3.63, 3.8) is 0 Å². The first-order valence-corrected chi connectivity index (χ1v) is 11.3. The zero-order valence-electron chi connectivity index (χ0n) is 19.3. The molecular formula is C26H26FN5O3. The number of aromatic nitrogens is 2. The van der Waals surface area contributed by atoms with Crippen molar-refractivity contribution in [2.24, 2.45) is 0 Å². The number of terminal acetylenes is 1. The molecule has 0 unspecified atom stereocenters. The number of nitrogens with zero attached hydrogens (tertiary/aromatic N) is 2. The number of halogens is 1. The van der Waals surface area contributed by atoms with E-state index in [1.165, 1.54) is 24.5 Å². The molecule has 1 fully saturated rings. The van der Waals surface area contributed by atoms with Gasteiger partial charge < -0.3 is 25.4 Å². The summed E-state index contributed by atoms with van der Waals surface area (Å²) in [5.41, 5.74) is 1.79. The molecule has 1 amide bonds. The van der Waals surface area contributed by atoms with E-state index in [-0.39, 0.29) is 17.6 Å². The van der Waals surface area contributed by atoms with Gasteiger partial charge in [0.15, 0.2) is 0 Å². The highest BCUT2D eigenvalue weighted by Crippen LogP contribution is 2.34. The molecule has 3 aromatic rings. The molecule has 180 valence electrons. The van der Waals surface area contributed by atoms with Crippen LogP contribution >= 0.6 is 0 Å². The van der Waals surface area contributed by atoms with Crippen LogP contribution in [0.4, 0.5) is 21.6 Å². The number of nitrogens with one attached hydrogen (secondary N) is 3. The smallest absolute Gasteiger partial charge is 0.248 e. The lowest BCUT2D eigenvalue weighted by Gasteiger charge is -2.17. The van der Waals surface area contributed by atoms with E-state index < -0.39 is 5.82 Å². The van der Waals surface area contributed by atoms with E-state index in [1.54, 1.807) is 24.3 Å². The van der Waals surface area contributed by atoms with Crippen molar-refractivity contribution in [2.45, 2.75) is 19.4 Å². The fourth-order valence-electron chi connectivity index (χ4n) is 3.58. The molecule has 0 saturated carbocycles. The van der Waals surface area contributed by atoms with E-state index in [2.05, 4.69) is 31.8 Å². The maximum Gasteiger partial charge on any atom is 0.248 e. The Morgan fingerprint density at radius 2 is 2.23 bits per heavy atom. The maximum absolute atomic E-state index is 13.8. The van der Waals surface area contributed by atoms with Crippen LogP contribution in [0.3, 0.4) is 0 Å². The second-order valence-corrected chi connectivity index (χ2v) is 7.85. The van der Waals surface area contributed by atoms with Crippen LogP contribution in [-0.4, -0.2) is 48.3 Å². The molecular weight excluding hydrogens is 449 g/mol. The normalized spacial score (nSPS) is 15.3. The summed E-state index contributed by atoms with van der Waals surface area (Å²) in [5.74, 6) is 2.51. The summed E-state index contributed by atoms with van der Waals surface area (Å²) >= 11 is 0. The van der Waals surface area contributed by atoms with Crippen LogP contribution in [0.5, 0.6) is 5.75 Å². The topological polar surface area (TPSA) is 97.4 Å². The number of amides is 1. The number of carbonyl (C=O) groups is 1. The first-order chi connectivity index (χ1) is 17.1. The van der Waals surface area contributed by atoms with E-state index >= 15 is 0 Å². The Kier molecular flexibility index (Phi) is 7.88. The van der Waals surface area contributed by atoms with E-state index in [0.29, 0.717) is 53.6 Å². The van der Waals surface area contributed by atoms with E-state index in [4.69, 9.17) is 15.9 Å². The van der Waals surface area contributed by atoms with E-state index in [0.717, 1.165) is 13.0 Å². The molecule has 1 aliphatic rings. The summed E-state index contributed by atoms with van der Waals surface area (Å²) in [7, 11) is 0. The fourth-order valence-corrected chi connectivity index (χ4v) is 3.58. The third-order valence-electron chi connectivity index (χ3n) is 5.34. The predicted octanol–water partition coefficient (Wildman–Crippen LogP) is 3.77. The Morgan fingerprint density at radius 1 is 1.34 bits per heavy atom. The lowest BCUT2D eigenvalue weighted by Crippen LogP contribution is -2.18. The molecule has 1 saturated heterocycles. The van der Waals surface area contributed by atoms with Crippen molar-refractivity contribution >= 4 is 34.0 Å². The van der Waals surface area contributed by atoms with Crippen molar-refractivity contribution in [1.82, 2.24) is 15.3 Å². The number of ether oxygens (including phenoxy) is 2. The Hall–Kier alpha value is -4.00. The molecule has 3 N–H and O–H groups in total. The van der Waals surface area contributed by atoms with E-state index in [1.807, 2.05) is 6.92 Å². The molecule has 9 heteroatoms. The predicted molar refractivity (Wildman–Crippen MR) is 133 cm³/mol. The number of hydrogen-bond acceptors (Lipinski definition) is 7. The number of likely N-dealkylation sites (N-methyl/N-ethyl adjacent to an activating group) is 1. The molecule has 8 nitrogen and oxygen atoms in total. The van der Waals surface area contributed by atoms with Gasteiger partial charge in [0.2, 0.25) is 5.91 Å². The van der Waals surface area contributed by atoms with Gasteiger partial charge >= 0.3 is 0 Å². The van der Waals surface area contributed by atoms with Crippen molar-refractivity contribution in [1.29, 1.82) is 0 Å². The Bertz CT molecular complexity index is 1280. The summed E-state index contributed by atoms with van der Waals surface area (Å²) in [6.07, 6.45) is 10.7. The highest BCUT2D eigenvalue weighted by molar-refractivity contribution is 6.03. The SMILES string of the molecule is C#Cc1cc(Nc2ncnc3cc(O[C@H]4CCOC4)c(NC(=O)/C=C/CNCC)cc23)ccc1F. The summed E-state index contributed by atoms with van der Waals surface area (Å²) in [4.78, 5) is 21.3. The second-order valence-electron chi connectivity index (χ2n) is 7.85. The fraction of sp³-hybridized carbons (Fsp3) is 0.269. The van der Waals surface area contributed by atoms with Gasteiger partial charge in [0, 0.05) is 36.2 Å². The highest BCUT2D eigenvalue weighted by Gasteiger charge is 2.20. The van der Waals surface area contributed by atoms with Crippen LogP contribution in [0.15, 0.2) is 48.8 Å². The van der Waals surface area contributed by atoms with Crippen molar-refractivity contribution in [3.05, 3.63) is 60.2 Å². The zero-order chi connectivity index (χ0) is 24.6. The van der Waals surface area contributed by atoms with Gasteiger partial charge in [0.05, 0.1) is 30.0 Å². The molecule has 2 aromatic carbocycles. The van der Waals surface area contributed by atoms with Gasteiger partial charge in [0.25, 0.3) is 0 Å². The van der Waals surface area contributed by atoms with Gasteiger partial charge in [-0.05, 0) is 30.8 Å². The van der Waals surface area contributed by atoms with Gasteiger partial charge in [-0.2, -0.15) is 0 Å². The first kappa shape index (κ1) is 24.1. The lowest BCUT2D eigenvalue weighted by molar-refractivity contribution is -0.111. The first-order valence-electron chi connectivity index (χ1n) is 11.3. The van der Waals surface area contributed by atoms with Crippen LogP contribution < -0.4 is 20.7 Å². The molecule has 0 spiro atoms. The van der Waals surface area contributed by atoms with Crippen LogP contribution in [0.1, 0.15) is 18.9 Å². The number of benzene rings is 2. The summed E-state index contributed by atoms with van der Waals surface area (Å²) in [6, 6.07) is 7.90. The monoisotopic (exact) mass is 475 g/mol. The van der Waals surface area contributed by atoms with Crippen LogP contribution in [0.2, 0.25) is 0 Å². The van der Waals surface area contributed by atoms with Gasteiger partial charge in [-0.1, -0.05) is 18.9 Å². The van der Waals surface area contributed by atoms with Gasteiger partial charge in [0.1, 0.15) is 29.8 Å². The molecule has 1 aliphatic heterocycles. The maximum atomic E-state index is 13.8. The molecule has 4 rings (SSSR count). The van der Waals surface area contributed by atoms with Crippen LogP contribution in [-0.2, 0) is 9.53 Å². The van der Waals surface area contributed by atoms with Crippen molar-refractivity contribution in [2.75, 3.05) is 36.9 Å². The Balaban J connectivity index is 1.68. The molecule has 0 radical (unpaired) electrons. The van der Waals surface area contributed by atoms with Crippen molar-refractivity contribution < 1.29 is 18.7 Å². The van der Waals surface area contributed by atoms with Gasteiger partial charge in [-0.15, -0.1) is 6.42 Å². The Morgan fingerprint density at radius 3 is 3.00 bits per heavy atom. The number of rotatable bonds is 9. The van der Waals surface area contributed by atoms with E-state index in [9.17, 15) is 9.18 Å². The summed E-state index contributed by atoms with van der Waals surface area (Å²) in [6.45, 7) is 4.49. The minimum atomic E-state index is -0.476. The quantitative estimate of drug-likeness (QED) is 0.246. The standard InChI is InChI=1S/C26H26FN5O3/c1-3-17-12-18(7-8-21(17)27)31-26-20-13-23(32-25(33)6-5-10-28-4-2)24(14-22(20)29-16-30-26)35-19-9-11-34-15-19/h1,5-8,12-14,16,19,28H,4,9-11,15H2,2H3,(H,32,33)(H,29,30,31)/b6-5+/t19-/m0/s1. The van der Waals surface area contributed by atoms with Gasteiger partial charge in [-0.3, -0.25) is 4.79 Å². The number of fused-ring (bicyclic) bond motifs is 1. The average Bonchev–Trinajstić information content (AvgIpc) is 3.37. The summed E-state index contributed by atoms with van der Waals surface area (Å²) < 4.78 is 25.4. The highest BCUT2D eigenvalue weighted by atomic mass is 19.1. The molecule has 35 heavy (non-hydrogen) atoms. The largest absolute Gasteiger partial charge is 0.486 e. The molecule has 0 aliphatic carbocycles.